The lowest BCUT2D eigenvalue weighted by Crippen LogP contribution is -2.35. The minimum Gasteiger partial charge on any atom is -0.330 e. The summed E-state index contributed by atoms with van der Waals surface area (Å²) in [6, 6.07) is 0. The van der Waals surface area contributed by atoms with Crippen LogP contribution in [0.3, 0.4) is 0 Å². The van der Waals surface area contributed by atoms with Crippen LogP contribution in [0, 0.1) is 5.92 Å². The van der Waals surface area contributed by atoms with E-state index in [0.29, 0.717) is 0 Å². The van der Waals surface area contributed by atoms with E-state index in [1.165, 1.54) is 49.5 Å². The number of hydrogen-bond acceptors (Lipinski definition) is 4. The Kier molecular flexibility index (Phi) is 5.60. The third-order valence-electron chi connectivity index (χ3n) is 3.63. The van der Waals surface area contributed by atoms with Gasteiger partial charge in [-0.3, -0.25) is 4.90 Å². The van der Waals surface area contributed by atoms with Gasteiger partial charge in [-0.15, -0.1) is 11.3 Å². The van der Waals surface area contributed by atoms with Gasteiger partial charge in [0, 0.05) is 18.5 Å². The molecule has 0 amide bonds. The van der Waals surface area contributed by atoms with Gasteiger partial charge >= 0.3 is 0 Å². The summed E-state index contributed by atoms with van der Waals surface area (Å²) >= 11 is 1.82. The van der Waals surface area contributed by atoms with Crippen molar-refractivity contribution in [3.63, 3.8) is 0 Å². The van der Waals surface area contributed by atoms with Crippen molar-refractivity contribution in [3.05, 3.63) is 16.1 Å². The van der Waals surface area contributed by atoms with E-state index >= 15 is 0 Å². The number of nitrogens with two attached hydrogens (primary N) is 1. The number of likely N-dealkylation sites (tertiary alicyclic amines) is 1. The Hall–Kier alpha value is -0.450. The molecule has 1 unspecified atom stereocenters. The fourth-order valence-corrected chi connectivity index (χ4v) is 3.64. The second-order valence-electron chi connectivity index (χ2n) is 5.30. The Morgan fingerprint density at radius 2 is 2.44 bits per heavy atom. The first-order valence-electron chi connectivity index (χ1n) is 7.17. The highest BCUT2D eigenvalue weighted by molar-refractivity contribution is 7.09. The molecule has 2 N–H and O–H groups in total. The minimum absolute atomic E-state index is 0.803. The lowest BCUT2D eigenvalue weighted by molar-refractivity contribution is 0.161. The average Bonchev–Trinajstić information content (AvgIpc) is 2.78. The Morgan fingerprint density at radius 1 is 1.56 bits per heavy atom. The van der Waals surface area contributed by atoms with Crippen molar-refractivity contribution in [2.45, 2.75) is 45.6 Å². The van der Waals surface area contributed by atoms with Crippen LogP contribution in [-0.2, 0) is 13.0 Å². The predicted molar refractivity (Wildman–Crippen MR) is 77.8 cm³/mol. The Bertz CT molecular complexity index is 349. The first kappa shape index (κ1) is 14.0. The van der Waals surface area contributed by atoms with Gasteiger partial charge in [-0.2, -0.15) is 0 Å². The monoisotopic (exact) mass is 267 g/mol. The Labute approximate surface area is 114 Å². The SMILES string of the molecule is CCCc1nc(CN2CCCC(CCN)C2)cs1. The molecule has 0 aliphatic carbocycles. The van der Waals surface area contributed by atoms with Crippen LogP contribution >= 0.6 is 11.3 Å². The number of aryl methyl sites for hydroxylation is 1. The number of hydrogen-bond donors (Lipinski definition) is 1. The molecule has 4 heteroatoms. The molecule has 18 heavy (non-hydrogen) atoms. The van der Waals surface area contributed by atoms with Crippen LogP contribution in [0.5, 0.6) is 0 Å². The smallest absolute Gasteiger partial charge is 0.0928 e. The quantitative estimate of drug-likeness (QED) is 0.861. The molecule has 0 bridgehead atoms. The van der Waals surface area contributed by atoms with Crippen molar-refractivity contribution in [3.8, 4) is 0 Å². The number of aromatic nitrogens is 1. The highest BCUT2D eigenvalue weighted by atomic mass is 32.1. The van der Waals surface area contributed by atoms with Crippen molar-refractivity contribution in [2.75, 3.05) is 19.6 Å². The third-order valence-corrected chi connectivity index (χ3v) is 4.58. The second kappa shape index (κ2) is 7.22. The molecular weight excluding hydrogens is 242 g/mol. The maximum Gasteiger partial charge on any atom is 0.0928 e. The number of thiazole rings is 1. The van der Waals surface area contributed by atoms with E-state index in [9.17, 15) is 0 Å². The fourth-order valence-electron chi connectivity index (χ4n) is 2.75. The highest BCUT2D eigenvalue weighted by Gasteiger charge is 2.19. The zero-order valence-electron chi connectivity index (χ0n) is 11.4. The molecular formula is C14H25N3S. The summed E-state index contributed by atoms with van der Waals surface area (Å²) in [6.07, 6.45) is 6.16. The van der Waals surface area contributed by atoms with Gasteiger partial charge in [-0.1, -0.05) is 6.92 Å². The molecule has 0 aromatic carbocycles. The van der Waals surface area contributed by atoms with Gasteiger partial charge < -0.3 is 5.73 Å². The first-order valence-corrected chi connectivity index (χ1v) is 8.05. The van der Waals surface area contributed by atoms with Crippen molar-refractivity contribution in [1.82, 2.24) is 9.88 Å². The summed E-state index contributed by atoms with van der Waals surface area (Å²) < 4.78 is 0. The summed E-state index contributed by atoms with van der Waals surface area (Å²) in [7, 11) is 0. The highest BCUT2D eigenvalue weighted by Crippen LogP contribution is 2.21. The molecule has 1 aliphatic rings. The van der Waals surface area contributed by atoms with E-state index < -0.39 is 0 Å². The van der Waals surface area contributed by atoms with Crippen molar-refractivity contribution in [2.24, 2.45) is 11.7 Å². The summed E-state index contributed by atoms with van der Waals surface area (Å²) in [6.45, 7) is 6.50. The fraction of sp³-hybridized carbons (Fsp3) is 0.786. The van der Waals surface area contributed by atoms with Gasteiger partial charge in [-0.05, 0) is 51.1 Å². The van der Waals surface area contributed by atoms with E-state index in [0.717, 1.165) is 25.4 Å². The maximum atomic E-state index is 5.66. The molecule has 1 saturated heterocycles. The maximum absolute atomic E-state index is 5.66. The molecule has 1 aromatic rings. The molecule has 3 nitrogen and oxygen atoms in total. The molecule has 1 aliphatic heterocycles. The molecule has 0 saturated carbocycles. The van der Waals surface area contributed by atoms with Gasteiger partial charge in [-0.25, -0.2) is 4.98 Å². The van der Waals surface area contributed by atoms with E-state index in [4.69, 9.17) is 10.7 Å². The van der Waals surface area contributed by atoms with E-state index in [-0.39, 0.29) is 0 Å². The van der Waals surface area contributed by atoms with Crippen LogP contribution in [0.1, 0.15) is 43.3 Å². The van der Waals surface area contributed by atoms with E-state index in [1.807, 2.05) is 11.3 Å². The zero-order chi connectivity index (χ0) is 12.8. The molecule has 1 atom stereocenters. The van der Waals surface area contributed by atoms with Crippen LogP contribution in [0.25, 0.3) is 0 Å². The van der Waals surface area contributed by atoms with E-state index in [2.05, 4.69) is 17.2 Å². The standard InChI is InChI=1S/C14H25N3S/c1-2-4-14-16-13(11-18-14)10-17-8-3-5-12(9-17)6-7-15/h11-12H,2-10,15H2,1H3. The van der Waals surface area contributed by atoms with Gasteiger partial charge in [0.15, 0.2) is 0 Å². The number of nitrogens with zero attached hydrogens (tertiary/aromatic N) is 2. The molecule has 0 radical (unpaired) electrons. The first-order chi connectivity index (χ1) is 8.81. The van der Waals surface area contributed by atoms with Gasteiger partial charge in [0.25, 0.3) is 0 Å². The molecule has 1 aromatic heterocycles. The molecule has 102 valence electrons. The lowest BCUT2D eigenvalue weighted by Gasteiger charge is -2.32. The second-order valence-corrected chi connectivity index (χ2v) is 6.25. The molecule has 0 spiro atoms. The van der Waals surface area contributed by atoms with E-state index in [1.54, 1.807) is 0 Å². The van der Waals surface area contributed by atoms with Crippen molar-refractivity contribution < 1.29 is 0 Å². The summed E-state index contributed by atoms with van der Waals surface area (Å²) in [5.41, 5.74) is 6.93. The molecule has 2 heterocycles. The topological polar surface area (TPSA) is 42.2 Å². The normalized spacial score (nSPS) is 21.3. The largest absolute Gasteiger partial charge is 0.330 e. The van der Waals surface area contributed by atoms with Crippen LogP contribution in [0.15, 0.2) is 5.38 Å². The van der Waals surface area contributed by atoms with Crippen molar-refractivity contribution >= 4 is 11.3 Å². The molecule has 2 rings (SSSR count). The number of rotatable bonds is 6. The van der Waals surface area contributed by atoms with Gasteiger partial charge in [0.05, 0.1) is 10.7 Å². The lowest BCUT2D eigenvalue weighted by atomic mass is 9.95. The minimum atomic E-state index is 0.803. The summed E-state index contributed by atoms with van der Waals surface area (Å²) in [4.78, 5) is 7.27. The van der Waals surface area contributed by atoms with Crippen LogP contribution < -0.4 is 5.73 Å². The summed E-state index contributed by atoms with van der Waals surface area (Å²) in [5.74, 6) is 0.803. The van der Waals surface area contributed by atoms with Crippen LogP contribution in [-0.4, -0.2) is 29.5 Å². The third kappa shape index (κ3) is 4.04. The average molecular weight is 267 g/mol. The summed E-state index contributed by atoms with van der Waals surface area (Å²) in [5, 5.41) is 3.53. The number of piperidine rings is 1. The van der Waals surface area contributed by atoms with Crippen LogP contribution in [0.4, 0.5) is 0 Å². The predicted octanol–water partition coefficient (Wildman–Crippen LogP) is 2.66. The van der Waals surface area contributed by atoms with Gasteiger partial charge in [0.2, 0.25) is 0 Å². The Balaban J connectivity index is 1.84. The Morgan fingerprint density at radius 3 is 3.22 bits per heavy atom. The van der Waals surface area contributed by atoms with Gasteiger partial charge in [0.1, 0.15) is 0 Å². The van der Waals surface area contributed by atoms with Crippen LogP contribution in [0.2, 0.25) is 0 Å². The zero-order valence-corrected chi connectivity index (χ0v) is 12.2. The molecule has 1 fully saturated rings. The van der Waals surface area contributed by atoms with Crippen molar-refractivity contribution in [1.29, 1.82) is 0 Å².